The van der Waals surface area contributed by atoms with E-state index in [1.807, 2.05) is 19.2 Å². The Morgan fingerprint density at radius 1 is 1.25 bits per heavy atom. The van der Waals surface area contributed by atoms with Gasteiger partial charge in [-0.05, 0) is 51.7 Å². The van der Waals surface area contributed by atoms with Gasteiger partial charge >= 0.3 is 0 Å². The number of hydrogen-bond donors (Lipinski definition) is 1. The van der Waals surface area contributed by atoms with Crippen molar-refractivity contribution >= 4 is 0 Å². The predicted molar refractivity (Wildman–Crippen MR) is 81.5 cm³/mol. The summed E-state index contributed by atoms with van der Waals surface area (Å²) < 4.78 is 12.9. The molecule has 1 heterocycles. The Morgan fingerprint density at radius 3 is 2.60 bits per heavy atom. The Labute approximate surface area is 121 Å². The van der Waals surface area contributed by atoms with Gasteiger partial charge in [-0.15, -0.1) is 0 Å². The van der Waals surface area contributed by atoms with E-state index in [0.29, 0.717) is 12.1 Å². The van der Waals surface area contributed by atoms with Gasteiger partial charge in [0.25, 0.3) is 0 Å². The molecule has 1 fully saturated rings. The van der Waals surface area contributed by atoms with Gasteiger partial charge in [-0.2, -0.15) is 0 Å². The second kappa shape index (κ2) is 7.16. The van der Waals surface area contributed by atoms with E-state index in [4.69, 9.17) is 0 Å². The molecule has 112 valence electrons. The average molecular weight is 279 g/mol. The summed E-state index contributed by atoms with van der Waals surface area (Å²) in [7, 11) is 6.41. The number of rotatable bonds is 5. The summed E-state index contributed by atoms with van der Waals surface area (Å²) in [5.41, 5.74) is 1.19. The molecule has 0 bridgehead atoms. The highest BCUT2D eigenvalue weighted by Gasteiger charge is 2.24. The zero-order chi connectivity index (χ0) is 14.5. The minimum absolute atomic E-state index is 0.164. The summed E-state index contributed by atoms with van der Waals surface area (Å²) in [5, 5.41) is 3.41. The van der Waals surface area contributed by atoms with E-state index in [1.165, 1.54) is 5.56 Å². The summed E-state index contributed by atoms with van der Waals surface area (Å²) in [5.74, 6) is -0.164. The van der Waals surface area contributed by atoms with Gasteiger partial charge in [-0.3, -0.25) is 0 Å². The third-order valence-electron chi connectivity index (χ3n) is 4.34. The first-order valence-corrected chi connectivity index (χ1v) is 7.39. The summed E-state index contributed by atoms with van der Waals surface area (Å²) >= 11 is 0. The van der Waals surface area contributed by atoms with Crippen LogP contribution in [0.2, 0.25) is 0 Å². The van der Waals surface area contributed by atoms with Crippen LogP contribution < -0.4 is 5.32 Å². The maximum atomic E-state index is 12.9. The molecular weight excluding hydrogens is 253 g/mol. The van der Waals surface area contributed by atoms with Crippen molar-refractivity contribution in [1.82, 2.24) is 15.1 Å². The Morgan fingerprint density at radius 2 is 1.95 bits per heavy atom. The molecule has 0 aliphatic carbocycles. The third kappa shape index (κ3) is 4.27. The summed E-state index contributed by atoms with van der Waals surface area (Å²) in [4.78, 5) is 4.85. The van der Waals surface area contributed by atoms with E-state index in [9.17, 15) is 4.39 Å². The minimum atomic E-state index is -0.164. The van der Waals surface area contributed by atoms with Crippen LogP contribution in [-0.2, 0) is 6.42 Å². The van der Waals surface area contributed by atoms with Gasteiger partial charge in [-0.25, -0.2) is 4.39 Å². The zero-order valence-corrected chi connectivity index (χ0v) is 12.8. The highest BCUT2D eigenvalue weighted by Crippen LogP contribution is 2.15. The first-order chi connectivity index (χ1) is 9.58. The van der Waals surface area contributed by atoms with Crippen LogP contribution >= 0.6 is 0 Å². The molecule has 1 aliphatic rings. The van der Waals surface area contributed by atoms with Crippen LogP contribution in [0, 0.1) is 5.82 Å². The van der Waals surface area contributed by atoms with Gasteiger partial charge in [0.05, 0.1) is 0 Å². The fourth-order valence-corrected chi connectivity index (χ4v) is 2.89. The fourth-order valence-electron chi connectivity index (χ4n) is 2.89. The van der Waals surface area contributed by atoms with Gasteiger partial charge in [-0.1, -0.05) is 12.1 Å². The first kappa shape index (κ1) is 15.4. The van der Waals surface area contributed by atoms with Crippen molar-refractivity contribution in [2.45, 2.75) is 24.9 Å². The van der Waals surface area contributed by atoms with E-state index >= 15 is 0 Å². The number of nitrogens with zero attached hydrogens (tertiary/aromatic N) is 2. The molecule has 1 aromatic rings. The largest absolute Gasteiger partial charge is 0.317 e. The molecule has 1 N–H and O–H groups in total. The lowest BCUT2D eigenvalue weighted by molar-refractivity contribution is 0.102. The molecule has 0 radical (unpaired) electrons. The molecule has 4 heteroatoms. The lowest BCUT2D eigenvalue weighted by Gasteiger charge is -2.39. The van der Waals surface area contributed by atoms with Crippen molar-refractivity contribution in [1.29, 1.82) is 0 Å². The quantitative estimate of drug-likeness (QED) is 0.883. The molecule has 2 atom stereocenters. The Kier molecular flexibility index (Phi) is 5.52. The zero-order valence-electron chi connectivity index (χ0n) is 12.8. The predicted octanol–water partition coefficient (Wildman–Crippen LogP) is 1.59. The highest BCUT2D eigenvalue weighted by atomic mass is 19.1. The first-order valence-electron chi connectivity index (χ1n) is 7.39. The van der Waals surface area contributed by atoms with Crippen molar-refractivity contribution in [3.8, 4) is 0 Å². The SMILES string of the molecule is CNC(Cc1ccc(F)cc1)CC1CN(C)CCN1C. The van der Waals surface area contributed by atoms with E-state index in [0.717, 1.165) is 32.5 Å². The second-order valence-electron chi connectivity index (χ2n) is 5.95. The second-order valence-corrected chi connectivity index (χ2v) is 5.95. The van der Waals surface area contributed by atoms with Crippen molar-refractivity contribution in [3.63, 3.8) is 0 Å². The molecule has 1 aromatic carbocycles. The Bertz CT molecular complexity index is 407. The maximum Gasteiger partial charge on any atom is 0.123 e. The number of nitrogens with one attached hydrogen (secondary N) is 1. The van der Waals surface area contributed by atoms with Crippen LogP contribution in [0.4, 0.5) is 4.39 Å². The van der Waals surface area contributed by atoms with Gasteiger partial charge in [0, 0.05) is 31.7 Å². The molecule has 2 rings (SSSR count). The van der Waals surface area contributed by atoms with Crippen LogP contribution in [0.25, 0.3) is 0 Å². The van der Waals surface area contributed by atoms with Crippen LogP contribution in [0.1, 0.15) is 12.0 Å². The molecular formula is C16H26FN3. The molecule has 0 spiro atoms. The Hall–Kier alpha value is -0.970. The molecule has 0 amide bonds. The van der Waals surface area contributed by atoms with E-state index in [2.05, 4.69) is 29.2 Å². The lowest BCUT2D eigenvalue weighted by atomic mass is 9.97. The Balaban J connectivity index is 1.92. The molecule has 0 saturated carbocycles. The van der Waals surface area contributed by atoms with Gasteiger partial charge in [0.15, 0.2) is 0 Å². The molecule has 3 nitrogen and oxygen atoms in total. The minimum Gasteiger partial charge on any atom is -0.317 e. The number of likely N-dealkylation sites (N-methyl/N-ethyl adjacent to an activating group) is 3. The van der Waals surface area contributed by atoms with E-state index < -0.39 is 0 Å². The van der Waals surface area contributed by atoms with Crippen LogP contribution in [-0.4, -0.2) is 62.7 Å². The van der Waals surface area contributed by atoms with Gasteiger partial charge in [0.2, 0.25) is 0 Å². The monoisotopic (exact) mass is 279 g/mol. The number of piperazine rings is 1. The van der Waals surface area contributed by atoms with Crippen molar-refractivity contribution in [2.75, 3.05) is 40.8 Å². The standard InChI is InChI=1S/C16H26FN3/c1-18-15(10-13-4-6-14(17)7-5-13)11-16-12-19(2)8-9-20(16)3/h4-7,15-16,18H,8-12H2,1-3H3. The van der Waals surface area contributed by atoms with Crippen molar-refractivity contribution in [2.24, 2.45) is 0 Å². The third-order valence-corrected chi connectivity index (χ3v) is 4.34. The average Bonchev–Trinajstić information content (AvgIpc) is 2.44. The van der Waals surface area contributed by atoms with E-state index in [1.54, 1.807) is 12.1 Å². The van der Waals surface area contributed by atoms with Crippen molar-refractivity contribution < 1.29 is 4.39 Å². The normalized spacial score (nSPS) is 22.9. The maximum absolute atomic E-state index is 12.9. The molecule has 20 heavy (non-hydrogen) atoms. The molecule has 0 aromatic heterocycles. The fraction of sp³-hybridized carbons (Fsp3) is 0.625. The summed E-state index contributed by atoms with van der Waals surface area (Å²) in [6.45, 7) is 3.40. The molecule has 1 saturated heterocycles. The summed E-state index contributed by atoms with van der Waals surface area (Å²) in [6, 6.07) is 7.88. The van der Waals surface area contributed by atoms with Gasteiger partial charge < -0.3 is 15.1 Å². The lowest BCUT2D eigenvalue weighted by Crippen LogP contribution is -2.52. The smallest absolute Gasteiger partial charge is 0.123 e. The van der Waals surface area contributed by atoms with Crippen LogP contribution in [0.15, 0.2) is 24.3 Å². The van der Waals surface area contributed by atoms with E-state index in [-0.39, 0.29) is 5.82 Å². The van der Waals surface area contributed by atoms with Crippen molar-refractivity contribution in [3.05, 3.63) is 35.6 Å². The highest BCUT2D eigenvalue weighted by molar-refractivity contribution is 5.17. The number of benzene rings is 1. The molecule has 1 aliphatic heterocycles. The summed E-state index contributed by atoms with van der Waals surface area (Å²) in [6.07, 6.45) is 2.07. The van der Waals surface area contributed by atoms with Gasteiger partial charge in [0.1, 0.15) is 5.82 Å². The topological polar surface area (TPSA) is 18.5 Å². The number of halogens is 1. The number of hydrogen-bond acceptors (Lipinski definition) is 3. The van der Waals surface area contributed by atoms with Crippen LogP contribution in [0.5, 0.6) is 0 Å². The molecule has 2 unspecified atom stereocenters. The van der Waals surface area contributed by atoms with Crippen LogP contribution in [0.3, 0.4) is 0 Å².